The predicted octanol–water partition coefficient (Wildman–Crippen LogP) is 1.97. The summed E-state index contributed by atoms with van der Waals surface area (Å²) in [6, 6.07) is 9.63. The minimum absolute atomic E-state index is 0.318. The second-order valence-electron chi connectivity index (χ2n) is 4.89. The average Bonchev–Trinajstić information content (AvgIpc) is 3.06. The molecule has 0 saturated carbocycles. The van der Waals surface area contributed by atoms with E-state index >= 15 is 0 Å². The molecule has 19 heavy (non-hydrogen) atoms. The number of para-hydroxylation sites is 1. The number of aromatic nitrogens is 2. The molecule has 0 aliphatic carbocycles. The lowest BCUT2D eigenvalue weighted by atomic mass is 9.98. The van der Waals surface area contributed by atoms with Crippen LogP contribution in [0.1, 0.15) is 24.6 Å². The van der Waals surface area contributed by atoms with Crippen LogP contribution in [0.15, 0.2) is 34.9 Å². The Hall–Kier alpha value is -1.88. The Bertz CT molecular complexity index is 526. The van der Waals surface area contributed by atoms with Crippen LogP contribution in [0.5, 0.6) is 5.75 Å². The zero-order valence-electron chi connectivity index (χ0n) is 10.9. The van der Waals surface area contributed by atoms with Gasteiger partial charge in [0, 0.05) is 6.54 Å². The maximum atomic E-state index is 5.59. The fourth-order valence-corrected chi connectivity index (χ4v) is 2.28. The molecule has 0 amide bonds. The van der Waals surface area contributed by atoms with Gasteiger partial charge in [-0.2, -0.15) is 4.98 Å². The van der Waals surface area contributed by atoms with E-state index in [-0.39, 0.29) is 0 Å². The third kappa shape index (κ3) is 2.76. The highest BCUT2D eigenvalue weighted by atomic mass is 16.5. The zero-order valence-corrected chi connectivity index (χ0v) is 10.9. The van der Waals surface area contributed by atoms with Gasteiger partial charge >= 0.3 is 0 Å². The summed E-state index contributed by atoms with van der Waals surface area (Å²) in [6.45, 7) is 4.43. The maximum absolute atomic E-state index is 5.59. The van der Waals surface area contributed by atoms with Crippen LogP contribution in [0.3, 0.4) is 0 Å². The maximum Gasteiger partial charge on any atom is 0.231 e. The first-order valence-corrected chi connectivity index (χ1v) is 6.54. The summed E-state index contributed by atoms with van der Waals surface area (Å²) in [5.74, 6) is 2.97. The molecule has 2 unspecified atom stereocenters. The van der Waals surface area contributed by atoms with Gasteiger partial charge in [-0.15, -0.1) is 0 Å². The van der Waals surface area contributed by atoms with Gasteiger partial charge in [0.25, 0.3) is 0 Å². The number of ether oxygens (including phenoxy) is 1. The fraction of sp³-hybridized carbons (Fsp3) is 0.429. The van der Waals surface area contributed by atoms with Crippen molar-refractivity contribution in [2.45, 2.75) is 19.4 Å². The summed E-state index contributed by atoms with van der Waals surface area (Å²) in [5.41, 5.74) is 0. The van der Waals surface area contributed by atoms with Gasteiger partial charge in [-0.3, -0.25) is 0 Å². The molecule has 1 aromatic heterocycles. The van der Waals surface area contributed by atoms with Crippen molar-refractivity contribution in [3.8, 4) is 5.75 Å². The lowest BCUT2D eigenvalue weighted by Gasteiger charge is -2.07. The van der Waals surface area contributed by atoms with Crippen LogP contribution >= 0.6 is 0 Å². The number of nitrogens with one attached hydrogen (secondary N) is 1. The minimum atomic E-state index is 0.318. The quantitative estimate of drug-likeness (QED) is 0.909. The normalized spacial score (nSPS) is 22.6. The molecule has 1 aliphatic heterocycles. The van der Waals surface area contributed by atoms with Gasteiger partial charge in [0.05, 0.1) is 5.92 Å². The van der Waals surface area contributed by atoms with Crippen LogP contribution in [0.25, 0.3) is 0 Å². The summed E-state index contributed by atoms with van der Waals surface area (Å²) in [5, 5.41) is 7.30. The summed E-state index contributed by atoms with van der Waals surface area (Å²) >= 11 is 0. The lowest BCUT2D eigenvalue weighted by Crippen LogP contribution is -2.08. The molecule has 100 valence electrons. The number of rotatable bonds is 4. The molecule has 0 radical (unpaired) electrons. The van der Waals surface area contributed by atoms with E-state index in [1.165, 1.54) is 0 Å². The molecule has 3 rings (SSSR count). The predicted molar refractivity (Wildman–Crippen MR) is 69.8 cm³/mol. The molecule has 1 aliphatic rings. The SMILES string of the molecule is CC1CNCC1c1nc(COc2ccccc2)no1. The van der Waals surface area contributed by atoms with Crippen molar-refractivity contribution in [1.82, 2.24) is 15.5 Å². The molecule has 0 spiro atoms. The molecule has 1 N–H and O–H groups in total. The Kier molecular flexibility index (Phi) is 3.46. The van der Waals surface area contributed by atoms with E-state index in [1.807, 2.05) is 30.3 Å². The van der Waals surface area contributed by atoms with Gasteiger partial charge in [0.1, 0.15) is 5.75 Å². The topological polar surface area (TPSA) is 60.2 Å². The lowest BCUT2D eigenvalue weighted by molar-refractivity contribution is 0.283. The van der Waals surface area contributed by atoms with Crippen molar-refractivity contribution in [1.29, 1.82) is 0 Å². The molecular formula is C14H17N3O2. The van der Waals surface area contributed by atoms with Crippen molar-refractivity contribution >= 4 is 0 Å². The minimum Gasteiger partial charge on any atom is -0.485 e. The Balaban J connectivity index is 1.62. The average molecular weight is 259 g/mol. The number of hydrogen-bond donors (Lipinski definition) is 1. The molecule has 0 bridgehead atoms. The summed E-state index contributed by atoms with van der Waals surface area (Å²) in [4.78, 5) is 4.41. The Labute approximate surface area is 112 Å². The van der Waals surface area contributed by atoms with Crippen LogP contribution in [0, 0.1) is 5.92 Å². The van der Waals surface area contributed by atoms with Crippen LogP contribution in [0.4, 0.5) is 0 Å². The first-order chi connectivity index (χ1) is 9.33. The second-order valence-corrected chi connectivity index (χ2v) is 4.89. The van der Waals surface area contributed by atoms with Crippen molar-refractivity contribution < 1.29 is 9.26 Å². The number of hydrogen-bond acceptors (Lipinski definition) is 5. The van der Waals surface area contributed by atoms with Gasteiger partial charge in [-0.1, -0.05) is 30.3 Å². The zero-order chi connectivity index (χ0) is 13.1. The van der Waals surface area contributed by atoms with Crippen LogP contribution in [0.2, 0.25) is 0 Å². The molecule has 5 heteroatoms. The van der Waals surface area contributed by atoms with E-state index < -0.39 is 0 Å². The van der Waals surface area contributed by atoms with Crippen molar-refractivity contribution in [2.24, 2.45) is 5.92 Å². The molecule has 1 saturated heterocycles. The smallest absolute Gasteiger partial charge is 0.231 e. The van der Waals surface area contributed by atoms with Gasteiger partial charge in [0.15, 0.2) is 6.61 Å². The highest BCUT2D eigenvalue weighted by Crippen LogP contribution is 2.26. The number of nitrogens with zero attached hydrogens (tertiary/aromatic N) is 2. The van der Waals surface area contributed by atoms with Gasteiger partial charge in [0.2, 0.25) is 11.7 Å². The summed E-state index contributed by atoms with van der Waals surface area (Å²) in [6.07, 6.45) is 0. The fourth-order valence-electron chi connectivity index (χ4n) is 2.28. The van der Waals surface area contributed by atoms with Crippen LogP contribution < -0.4 is 10.1 Å². The van der Waals surface area contributed by atoms with Crippen molar-refractivity contribution in [3.05, 3.63) is 42.0 Å². The first kappa shape index (κ1) is 12.2. The molecule has 2 aromatic rings. The molecule has 1 fully saturated rings. The summed E-state index contributed by atoms with van der Waals surface area (Å²) < 4.78 is 10.9. The Morgan fingerprint density at radius 2 is 2.16 bits per heavy atom. The van der Waals surface area contributed by atoms with Gasteiger partial charge < -0.3 is 14.6 Å². The standard InChI is InChI=1S/C14H17N3O2/c1-10-7-15-8-12(10)14-16-13(17-19-14)9-18-11-5-3-2-4-6-11/h2-6,10,12,15H,7-9H2,1H3. The third-order valence-electron chi connectivity index (χ3n) is 3.43. The highest BCUT2D eigenvalue weighted by Gasteiger charge is 2.29. The van der Waals surface area contributed by atoms with Gasteiger partial charge in [-0.25, -0.2) is 0 Å². The Morgan fingerprint density at radius 1 is 1.32 bits per heavy atom. The summed E-state index contributed by atoms with van der Waals surface area (Å²) in [7, 11) is 0. The van der Waals surface area contributed by atoms with Crippen LogP contribution in [-0.4, -0.2) is 23.2 Å². The van der Waals surface area contributed by atoms with E-state index in [0.29, 0.717) is 30.2 Å². The van der Waals surface area contributed by atoms with E-state index in [9.17, 15) is 0 Å². The number of benzene rings is 1. The molecule has 5 nitrogen and oxygen atoms in total. The van der Waals surface area contributed by atoms with Crippen LogP contribution in [-0.2, 0) is 6.61 Å². The molecular weight excluding hydrogens is 242 g/mol. The van der Waals surface area contributed by atoms with E-state index in [4.69, 9.17) is 9.26 Å². The molecule has 2 heterocycles. The van der Waals surface area contributed by atoms with E-state index in [0.717, 1.165) is 18.8 Å². The van der Waals surface area contributed by atoms with E-state index in [1.54, 1.807) is 0 Å². The van der Waals surface area contributed by atoms with Crippen molar-refractivity contribution in [2.75, 3.05) is 13.1 Å². The highest BCUT2D eigenvalue weighted by molar-refractivity contribution is 5.21. The van der Waals surface area contributed by atoms with Crippen molar-refractivity contribution in [3.63, 3.8) is 0 Å². The molecule has 1 aromatic carbocycles. The third-order valence-corrected chi connectivity index (χ3v) is 3.43. The first-order valence-electron chi connectivity index (χ1n) is 6.54. The van der Waals surface area contributed by atoms with E-state index in [2.05, 4.69) is 22.4 Å². The molecule has 2 atom stereocenters. The second kappa shape index (κ2) is 5.40. The van der Waals surface area contributed by atoms with Gasteiger partial charge in [-0.05, 0) is 24.6 Å². The monoisotopic (exact) mass is 259 g/mol. The Morgan fingerprint density at radius 3 is 2.89 bits per heavy atom. The largest absolute Gasteiger partial charge is 0.485 e.